The Labute approximate surface area is 217 Å². The van der Waals surface area contributed by atoms with Crippen LogP contribution in [0.4, 0.5) is 5.82 Å². The maximum Gasteiger partial charge on any atom is 0.255 e. The molecule has 0 unspecified atom stereocenters. The number of hydrogen-bond acceptors (Lipinski definition) is 5. The second-order valence-electron chi connectivity index (χ2n) is 9.85. The van der Waals surface area contributed by atoms with E-state index in [1.54, 1.807) is 0 Å². The minimum absolute atomic E-state index is 0.0618. The van der Waals surface area contributed by atoms with Gasteiger partial charge in [-0.2, -0.15) is 0 Å². The average Bonchev–Trinajstić information content (AvgIpc) is 3.54. The first-order valence-electron chi connectivity index (χ1n) is 12.9. The van der Waals surface area contributed by atoms with Crippen molar-refractivity contribution in [2.75, 3.05) is 12.3 Å². The van der Waals surface area contributed by atoms with Crippen LogP contribution in [-0.4, -0.2) is 43.8 Å². The molecule has 8 nitrogen and oxygen atoms in total. The molecule has 0 spiro atoms. The number of rotatable bonds is 6. The quantitative estimate of drug-likeness (QED) is 0.396. The van der Waals surface area contributed by atoms with Gasteiger partial charge in [-0.3, -0.25) is 9.59 Å². The second kappa shape index (κ2) is 10.1. The normalized spacial score (nSPS) is 19.8. The van der Waals surface area contributed by atoms with E-state index in [1.165, 1.54) is 12.4 Å². The lowest BCUT2D eigenvalue weighted by Gasteiger charge is -2.21. The minimum atomic E-state index is -0.272. The van der Waals surface area contributed by atoms with Crippen LogP contribution < -0.4 is 11.1 Å². The van der Waals surface area contributed by atoms with Crippen LogP contribution in [0.5, 0.6) is 0 Å². The topological polar surface area (TPSA) is 106 Å². The predicted octanol–water partition coefficient (Wildman–Crippen LogP) is 4.00. The van der Waals surface area contributed by atoms with Gasteiger partial charge in [0.05, 0.1) is 23.0 Å². The van der Waals surface area contributed by atoms with E-state index in [1.807, 2.05) is 46.7 Å². The lowest BCUT2D eigenvalue weighted by atomic mass is 10.1. The van der Waals surface area contributed by atoms with E-state index in [4.69, 9.17) is 5.73 Å². The van der Waals surface area contributed by atoms with Gasteiger partial charge in [-0.1, -0.05) is 49.8 Å². The summed E-state index contributed by atoms with van der Waals surface area (Å²) in [6.07, 6.45) is 6.44. The second-order valence-corrected chi connectivity index (χ2v) is 9.85. The first kappa shape index (κ1) is 24.6. The molecule has 3 aromatic rings. The van der Waals surface area contributed by atoms with Gasteiger partial charge in [0, 0.05) is 18.5 Å². The van der Waals surface area contributed by atoms with Gasteiger partial charge < -0.3 is 20.5 Å². The summed E-state index contributed by atoms with van der Waals surface area (Å²) in [5.74, 6) is 6.86. The molecule has 1 aromatic carbocycles. The van der Waals surface area contributed by atoms with Crippen molar-refractivity contribution in [2.24, 2.45) is 5.92 Å². The zero-order chi connectivity index (χ0) is 26.1. The van der Waals surface area contributed by atoms with Crippen LogP contribution >= 0.6 is 0 Å². The number of anilines is 1. The molecule has 37 heavy (non-hydrogen) atoms. The highest BCUT2D eigenvalue weighted by Gasteiger charge is 2.38. The summed E-state index contributed by atoms with van der Waals surface area (Å²) in [5.41, 5.74) is 8.91. The molecule has 190 valence electrons. The van der Waals surface area contributed by atoms with Crippen LogP contribution in [0.2, 0.25) is 0 Å². The van der Waals surface area contributed by atoms with E-state index in [-0.39, 0.29) is 35.8 Å². The van der Waals surface area contributed by atoms with Crippen LogP contribution in [-0.2, 0) is 4.79 Å². The summed E-state index contributed by atoms with van der Waals surface area (Å²) in [5, 5.41) is 3.63. The number of nitrogen functional groups attached to an aromatic ring is 1. The molecule has 2 aromatic heterocycles. The Hall–Kier alpha value is -4.12. The van der Waals surface area contributed by atoms with Gasteiger partial charge in [0.1, 0.15) is 23.5 Å². The Balaban J connectivity index is 1.64. The number of aromatic nitrogens is 3. The van der Waals surface area contributed by atoms with E-state index in [0.717, 1.165) is 31.2 Å². The summed E-state index contributed by atoms with van der Waals surface area (Å²) < 4.78 is 2.02. The molecule has 1 aliphatic heterocycles. The van der Waals surface area contributed by atoms with Gasteiger partial charge in [0.2, 0.25) is 5.91 Å². The Morgan fingerprint density at radius 2 is 2.03 bits per heavy atom. The fraction of sp³-hybridized carbons (Fsp3) is 0.379. The van der Waals surface area contributed by atoms with Crippen molar-refractivity contribution in [1.29, 1.82) is 0 Å². The van der Waals surface area contributed by atoms with Gasteiger partial charge in [-0.05, 0) is 50.2 Å². The molecule has 2 amide bonds. The van der Waals surface area contributed by atoms with Crippen LogP contribution in [0.3, 0.4) is 0 Å². The summed E-state index contributed by atoms with van der Waals surface area (Å²) in [6.45, 7) is 8.18. The van der Waals surface area contributed by atoms with E-state index in [0.29, 0.717) is 34.8 Å². The fourth-order valence-electron chi connectivity index (χ4n) is 5.20. The van der Waals surface area contributed by atoms with Crippen molar-refractivity contribution < 1.29 is 9.59 Å². The van der Waals surface area contributed by atoms with Crippen molar-refractivity contribution in [3.8, 4) is 11.8 Å². The van der Waals surface area contributed by atoms with E-state index < -0.39 is 0 Å². The monoisotopic (exact) mass is 496 g/mol. The molecule has 1 saturated carbocycles. The summed E-state index contributed by atoms with van der Waals surface area (Å²) in [4.78, 5) is 37.1. The maximum atomic E-state index is 13.9. The van der Waals surface area contributed by atoms with Gasteiger partial charge >= 0.3 is 0 Å². The highest BCUT2D eigenvalue weighted by molar-refractivity contribution is 6.12. The molecule has 2 fully saturated rings. The number of fused-ring (bicyclic) bond motifs is 1. The van der Waals surface area contributed by atoms with E-state index >= 15 is 0 Å². The highest BCUT2D eigenvalue weighted by Crippen LogP contribution is 2.37. The van der Waals surface area contributed by atoms with Crippen molar-refractivity contribution in [2.45, 2.75) is 57.7 Å². The molecular formula is C29H32N6O2. The first-order valence-corrected chi connectivity index (χ1v) is 12.9. The van der Waals surface area contributed by atoms with Crippen molar-refractivity contribution in [1.82, 2.24) is 24.8 Å². The summed E-state index contributed by atoms with van der Waals surface area (Å²) in [7, 11) is 0. The molecule has 2 aliphatic rings. The lowest BCUT2D eigenvalue weighted by molar-refractivity contribution is -0.126. The third-order valence-electron chi connectivity index (χ3n) is 7.35. The molecule has 3 atom stereocenters. The molecule has 0 radical (unpaired) electrons. The largest absolute Gasteiger partial charge is 0.383 e. The molecule has 1 aliphatic carbocycles. The lowest BCUT2D eigenvalue weighted by Crippen LogP contribution is -2.34. The summed E-state index contributed by atoms with van der Waals surface area (Å²) >= 11 is 0. The molecular weight excluding hydrogens is 464 g/mol. The van der Waals surface area contributed by atoms with Crippen molar-refractivity contribution in [3.05, 3.63) is 66.1 Å². The first-order chi connectivity index (χ1) is 17.9. The number of nitrogens with zero attached hydrogens (tertiary/aromatic N) is 4. The van der Waals surface area contributed by atoms with Crippen molar-refractivity contribution >= 4 is 28.7 Å². The van der Waals surface area contributed by atoms with Crippen LogP contribution in [0, 0.1) is 17.8 Å². The maximum absolute atomic E-state index is 13.9. The van der Waals surface area contributed by atoms with Gasteiger partial charge in [-0.15, -0.1) is 0 Å². The number of carbonyl (C=O) groups is 2. The van der Waals surface area contributed by atoms with Gasteiger partial charge in [0.15, 0.2) is 0 Å². The van der Waals surface area contributed by atoms with Crippen LogP contribution in [0.15, 0.2) is 49.3 Å². The number of hydrogen-bond donors (Lipinski definition) is 2. The highest BCUT2D eigenvalue weighted by atomic mass is 16.2. The molecule has 8 heteroatoms. The number of benzene rings is 1. The van der Waals surface area contributed by atoms with Crippen LogP contribution in [0.25, 0.3) is 11.0 Å². The molecule has 0 bridgehead atoms. The zero-order valence-corrected chi connectivity index (χ0v) is 21.3. The molecule has 1 saturated heterocycles. The number of carbonyl (C=O) groups excluding carboxylic acids is 2. The fourth-order valence-corrected chi connectivity index (χ4v) is 5.20. The predicted molar refractivity (Wildman–Crippen MR) is 144 cm³/mol. The zero-order valence-electron chi connectivity index (χ0n) is 21.3. The number of likely N-dealkylation sites (tertiary alicyclic amines) is 1. The van der Waals surface area contributed by atoms with Gasteiger partial charge in [0.25, 0.3) is 5.91 Å². The van der Waals surface area contributed by atoms with Crippen molar-refractivity contribution in [3.63, 3.8) is 0 Å². The molecule has 3 heterocycles. The standard InChI is InChI=1S/C29H32N6O2/c1-4-21-15-22(16-34(21)24(36)5-2)35-23(14-13-19-11-12-19)25(26-27(30)31-17-32-28(26)35)29(37)33-18(3)20-9-7-6-8-10-20/h5-10,17-19,21-22H,2,4,11-12,15-16H2,1,3H3,(H,33,37)(H2,30,31,32)/t18-,21+,22-/m1/s1. The van der Waals surface area contributed by atoms with E-state index in [9.17, 15) is 9.59 Å². The number of nitrogens with two attached hydrogens (primary N) is 1. The SMILES string of the molecule is C=CC(=O)N1C[C@H](n2c(C#CC3CC3)c(C(=O)N[C@H](C)c3ccccc3)c3c(N)ncnc32)C[C@@H]1CC. The average molecular weight is 497 g/mol. The van der Waals surface area contributed by atoms with Gasteiger partial charge in [-0.25, -0.2) is 9.97 Å². The van der Waals surface area contributed by atoms with Crippen LogP contribution in [0.1, 0.15) is 73.2 Å². The third-order valence-corrected chi connectivity index (χ3v) is 7.35. The Morgan fingerprint density at radius 3 is 2.70 bits per heavy atom. The Bertz CT molecular complexity index is 1410. The Morgan fingerprint density at radius 1 is 1.27 bits per heavy atom. The smallest absolute Gasteiger partial charge is 0.255 e. The molecule has 5 rings (SSSR count). The minimum Gasteiger partial charge on any atom is -0.383 e. The third kappa shape index (κ3) is 4.69. The molecule has 3 N–H and O–H groups in total. The summed E-state index contributed by atoms with van der Waals surface area (Å²) in [6, 6.07) is 9.53. The number of amides is 2. The van der Waals surface area contributed by atoms with E-state index in [2.05, 4.69) is 40.6 Å². The number of nitrogens with one attached hydrogen (secondary N) is 1. The Kier molecular flexibility index (Phi) is 6.70.